The number of rotatable bonds is 6. The zero-order chi connectivity index (χ0) is 19.5. The molecule has 0 fully saturated rings. The maximum atomic E-state index is 5.23. The number of methoxy groups -OCH3 is 1. The van der Waals surface area contributed by atoms with E-state index in [1.165, 1.54) is 16.8 Å². The highest BCUT2D eigenvalue weighted by atomic mass is 16.5. The average molecular weight is 374 g/mol. The zero-order valence-corrected chi connectivity index (χ0v) is 16.7. The Morgan fingerprint density at radius 3 is 2.50 bits per heavy atom. The van der Waals surface area contributed by atoms with Gasteiger partial charge >= 0.3 is 0 Å². The van der Waals surface area contributed by atoms with Gasteiger partial charge in [-0.05, 0) is 50.1 Å². The molecule has 0 spiro atoms. The van der Waals surface area contributed by atoms with Crippen molar-refractivity contribution in [1.29, 1.82) is 0 Å². The fraction of sp³-hybridized carbons (Fsp3) is 0.292. The second kappa shape index (κ2) is 8.03. The Hall–Kier alpha value is -2.85. The predicted octanol–water partition coefficient (Wildman–Crippen LogP) is 4.70. The second-order valence-electron chi connectivity index (χ2n) is 7.39. The molecule has 0 saturated heterocycles. The van der Waals surface area contributed by atoms with Crippen LogP contribution in [0.2, 0.25) is 0 Å². The predicted molar refractivity (Wildman–Crippen MR) is 113 cm³/mol. The third-order valence-electron chi connectivity index (χ3n) is 5.53. The van der Waals surface area contributed by atoms with Gasteiger partial charge in [0.05, 0.1) is 18.5 Å². The Bertz CT molecular complexity index is 958. The molecule has 28 heavy (non-hydrogen) atoms. The highest BCUT2D eigenvalue weighted by molar-refractivity contribution is 5.41. The summed E-state index contributed by atoms with van der Waals surface area (Å²) in [5.74, 6) is 1.30. The monoisotopic (exact) mass is 373 g/mol. The van der Waals surface area contributed by atoms with E-state index >= 15 is 0 Å². The number of hydrogen-bond acceptors (Lipinski definition) is 3. The summed E-state index contributed by atoms with van der Waals surface area (Å²) >= 11 is 0. The van der Waals surface area contributed by atoms with Gasteiger partial charge in [-0.15, -0.1) is 0 Å². The zero-order valence-electron chi connectivity index (χ0n) is 16.7. The Kier molecular flexibility index (Phi) is 5.31. The number of aryl methyl sites for hydroxylation is 1. The number of hydrogen-bond donors (Lipinski definition) is 1. The first-order chi connectivity index (χ1) is 13.7. The van der Waals surface area contributed by atoms with Crippen LogP contribution in [0.4, 0.5) is 0 Å². The van der Waals surface area contributed by atoms with E-state index in [2.05, 4.69) is 72.4 Å². The van der Waals surface area contributed by atoms with Crippen molar-refractivity contribution >= 4 is 0 Å². The standard InChI is InChI=1S/C24H27N3O/c1-17-24(18(2)27(26-17)22-7-5-4-6-8-22)20-11-12-21(15-20)25-16-19-9-13-23(28-3)14-10-19/h4-14,20-21,25H,15-16H2,1-3H3/t20-,21-/m1/s1. The average Bonchev–Trinajstić information content (AvgIpc) is 3.31. The van der Waals surface area contributed by atoms with Crippen LogP contribution >= 0.6 is 0 Å². The minimum atomic E-state index is 0.381. The highest BCUT2D eigenvalue weighted by Crippen LogP contribution is 2.34. The van der Waals surface area contributed by atoms with Crippen molar-refractivity contribution in [3.8, 4) is 11.4 Å². The molecule has 0 saturated carbocycles. The molecule has 0 unspecified atom stereocenters. The van der Waals surface area contributed by atoms with Gasteiger partial charge in [-0.1, -0.05) is 42.5 Å². The number of aromatic nitrogens is 2. The largest absolute Gasteiger partial charge is 0.497 e. The van der Waals surface area contributed by atoms with Gasteiger partial charge in [0.15, 0.2) is 0 Å². The van der Waals surface area contributed by atoms with Crippen molar-refractivity contribution in [3.63, 3.8) is 0 Å². The first kappa shape index (κ1) is 18.5. The molecule has 2 atom stereocenters. The minimum Gasteiger partial charge on any atom is -0.497 e. The normalized spacial score (nSPS) is 18.5. The molecule has 0 radical (unpaired) electrons. The minimum absolute atomic E-state index is 0.381. The van der Waals surface area contributed by atoms with Crippen LogP contribution in [-0.2, 0) is 6.54 Å². The van der Waals surface area contributed by atoms with Gasteiger partial charge in [-0.25, -0.2) is 4.68 Å². The van der Waals surface area contributed by atoms with E-state index in [-0.39, 0.29) is 0 Å². The van der Waals surface area contributed by atoms with Crippen molar-refractivity contribution in [3.05, 3.63) is 89.3 Å². The number of ether oxygens (including phenoxy) is 1. The lowest BCUT2D eigenvalue weighted by atomic mass is 9.96. The summed E-state index contributed by atoms with van der Waals surface area (Å²) in [4.78, 5) is 0. The van der Waals surface area contributed by atoms with E-state index in [9.17, 15) is 0 Å². The highest BCUT2D eigenvalue weighted by Gasteiger charge is 2.25. The van der Waals surface area contributed by atoms with Crippen LogP contribution in [0.3, 0.4) is 0 Å². The molecule has 1 N–H and O–H groups in total. The summed E-state index contributed by atoms with van der Waals surface area (Å²) in [6.07, 6.45) is 5.70. The third-order valence-corrected chi connectivity index (χ3v) is 5.53. The fourth-order valence-corrected chi connectivity index (χ4v) is 4.07. The summed E-state index contributed by atoms with van der Waals surface area (Å²) in [5, 5.41) is 8.47. The Morgan fingerprint density at radius 1 is 1.04 bits per heavy atom. The first-order valence-electron chi connectivity index (χ1n) is 9.82. The van der Waals surface area contributed by atoms with Gasteiger partial charge < -0.3 is 10.1 Å². The van der Waals surface area contributed by atoms with Gasteiger partial charge in [0.25, 0.3) is 0 Å². The molecule has 4 heteroatoms. The van der Waals surface area contributed by atoms with Crippen LogP contribution in [0, 0.1) is 13.8 Å². The maximum Gasteiger partial charge on any atom is 0.118 e. The molecule has 4 nitrogen and oxygen atoms in total. The molecule has 2 aromatic carbocycles. The number of benzene rings is 2. The Labute approximate surface area is 166 Å². The lowest BCUT2D eigenvalue weighted by Crippen LogP contribution is -2.25. The van der Waals surface area contributed by atoms with E-state index < -0.39 is 0 Å². The van der Waals surface area contributed by atoms with Crippen molar-refractivity contribution in [2.24, 2.45) is 0 Å². The molecule has 1 aliphatic carbocycles. The van der Waals surface area contributed by atoms with E-state index in [4.69, 9.17) is 9.84 Å². The lowest BCUT2D eigenvalue weighted by molar-refractivity contribution is 0.414. The van der Waals surface area contributed by atoms with E-state index in [1.54, 1.807) is 7.11 Å². The van der Waals surface area contributed by atoms with Crippen LogP contribution in [0.25, 0.3) is 5.69 Å². The van der Waals surface area contributed by atoms with E-state index in [0.29, 0.717) is 12.0 Å². The molecule has 0 aliphatic heterocycles. The summed E-state index contributed by atoms with van der Waals surface area (Å²) < 4.78 is 7.29. The number of allylic oxidation sites excluding steroid dienone is 1. The van der Waals surface area contributed by atoms with Gasteiger partial charge in [-0.2, -0.15) is 5.10 Å². The van der Waals surface area contributed by atoms with Gasteiger partial charge in [0.1, 0.15) is 5.75 Å². The first-order valence-corrected chi connectivity index (χ1v) is 9.82. The third kappa shape index (κ3) is 3.73. The van der Waals surface area contributed by atoms with Crippen LogP contribution in [0.1, 0.15) is 34.9 Å². The van der Waals surface area contributed by atoms with E-state index in [0.717, 1.165) is 30.1 Å². The second-order valence-corrected chi connectivity index (χ2v) is 7.39. The molecule has 4 rings (SSSR count). The number of nitrogens with zero attached hydrogens (tertiary/aromatic N) is 2. The quantitative estimate of drug-likeness (QED) is 0.637. The number of para-hydroxylation sites is 1. The lowest BCUT2D eigenvalue weighted by Gasteiger charge is -2.15. The van der Waals surface area contributed by atoms with Crippen molar-refractivity contribution in [2.45, 2.75) is 38.8 Å². The van der Waals surface area contributed by atoms with Crippen molar-refractivity contribution in [1.82, 2.24) is 15.1 Å². The fourth-order valence-electron chi connectivity index (χ4n) is 4.07. The molecular weight excluding hydrogens is 346 g/mol. The molecule has 1 heterocycles. The van der Waals surface area contributed by atoms with Crippen LogP contribution in [0.15, 0.2) is 66.7 Å². The molecule has 3 aromatic rings. The summed E-state index contributed by atoms with van der Waals surface area (Å²) in [5.41, 5.74) is 6.09. The van der Waals surface area contributed by atoms with Crippen LogP contribution in [-0.4, -0.2) is 22.9 Å². The SMILES string of the molecule is COc1ccc(CN[C@@H]2C=C[C@@H](c3c(C)nn(-c4ccccc4)c3C)C2)cc1. The topological polar surface area (TPSA) is 39.1 Å². The molecule has 1 aliphatic rings. The van der Waals surface area contributed by atoms with Crippen LogP contribution in [0.5, 0.6) is 5.75 Å². The van der Waals surface area contributed by atoms with Crippen molar-refractivity contribution in [2.75, 3.05) is 7.11 Å². The van der Waals surface area contributed by atoms with Crippen molar-refractivity contribution < 1.29 is 4.74 Å². The smallest absolute Gasteiger partial charge is 0.118 e. The molecular formula is C24H27N3O. The Morgan fingerprint density at radius 2 is 1.79 bits per heavy atom. The van der Waals surface area contributed by atoms with Gasteiger partial charge in [0.2, 0.25) is 0 Å². The molecule has 0 bridgehead atoms. The molecule has 1 aromatic heterocycles. The maximum absolute atomic E-state index is 5.23. The van der Waals surface area contributed by atoms with E-state index in [1.807, 2.05) is 18.2 Å². The molecule has 144 valence electrons. The summed E-state index contributed by atoms with van der Waals surface area (Å²) in [6.45, 7) is 5.15. The summed E-state index contributed by atoms with van der Waals surface area (Å²) in [7, 11) is 1.70. The van der Waals surface area contributed by atoms with Gasteiger partial charge in [-0.3, -0.25) is 0 Å². The summed E-state index contributed by atoms with van der Waals surface area (Å²) in [6, 6.07) is 19.0. The number of nitrogens with one attached hydrogen (secondary N) is 1. The van der Waals surface area contributed by atoms with Gasteiger partial charge in [0, 0.05) is 29.8 Å². The van der Waals surface area contributed by atoms with Crippen LogP contribution < -0.4 is 10.1 Å². The molecule has 0 amide bonds. The Balaban J connectivity index is 1.43.